The molecule has 1 N–H and O–H groups in total. The molecule has 1 aliphatic heterocycles. The molecule has 0 radical (unpaired) electrons. The van der Waals surface area contributed by atoms with Crippen LogP contribution >= 0.6 is 0 Å². The molecule has 0 aromatic rings. The standard InChI is InChI=1S/C9H17N/c1-7-3-2-4-9-8(7)5-6-10-9/h7-10H,2-6H2,1H3/i5D2,6D2,8D/hD. The van der Waals surface area contributed by atoms with Gasteiger partial charge in [-0.2, -0.15) is 0 Å². The summed E-state index contributed by atoms with van der Waals surface area (Å²) in [7, 11) is 0. The van der Waals surface area contributed by atoms with E-state index in [0.29, 0.717) is 11.7 Å². The molecule has 2 aliphatic rings. The van der Waals surface area contributed by atoms with E-state index in [4.69, 9.17) is 8.27 Å². The quantitative estimate of drug-likeness (QED) is 0.548. The highest BCUT2D eigenvalue weighted by Gasteiger charge is 2.33. The molecule has 0 amide bonds. The lowest BCUT2D eigenvalue weighted by atomic mass is 9.77. The number of hydrogen-bond acceptors (Lipinski definition) is 1. The van der Waals surface area contributed by atoms with Crippen molar-refractivity contribution in [1.82, 2.24) is 5.31 Å². The summed E-state index contributed by atoms with van der Waals surface area (Å²) >= 11 is 0. The molecule has 1 saturated carbocycles. The third-order valence-electron chi connectivity index (χ3n) is 2.43. The summed E-state index contributed by atoms with van der Waals surface area (Å²) in [6.45, 7) is -0.579. The Kier molecular flexibility index (Phi) is 0.705. The van der Waals surface area contributed by atoms with Crippen LogP contribution in [0.15, 0.2) is 0 Å². The van der Waals surface area contributed by atoms with Crippen LogP contribution in [0.5, 0.6) is 0 Å². The van der Waals surface area contributed by atoms with Crippen molar-refractivity contribution in [3.05, 3.63) is 0 Å². The first kappa shape index (κ1) is 2.78. The molecule has 0 spiro atoms. The van der Waals surface area contributed by atoms with Crippen LogP contribution in [0.4, 0.5) is 0 Å². The second kappa shape index (κ2) is 2.54. The van der Waals surface area contributed by atoms with E-state index in [1.807, 2.05) is 0 Å². The van der Waals surface area contributed by atoms with Gasteiger partial charge in [0.1, 0.15) is 1.41 Å². The topological polar surface area (TPSA) is 12.0 Å². The van der Waals surface area contributed by atoms with Crippen molar-refractivity contribution in [2.45, 2.75) is 38.6 Å². The molecule has 0 aromatic carbocycles. The van der Waals surface area contributed by atoms with Crippen molar-refractivity contribution in [1.29, 1.82) is 0 Å². The van der Waals surface area contributed by atoms with Gasteiger partial charge >= 0.3 is 0 Å². The van der Waals surface area contributed by atoms with Crippen molar-refractivity contribution in [2.75, 3.05) is 6.50 Å². The number of hydrogen-bond donors (Lipinski definition) is 1. The lowest BCUT2D eigenvalue weighted by Gasteiger charge is -2.30. The fourth-order valence-corrected chi connectivity index (χ4v) is 1.77. The van der Waals surface area contributed by atoms with Gasteiger partial charge in [-0.15, -0.1) is 0 Å². The van der Waals surface area contributed by atoms with E-state index in [1.54, 1.807) is 6.92 Å². The normalized spacial score (nSPS) is 75.3. The molecule has 1 aliphatic carbocycles. The lowest BCUT2D eigenvalue weighted by molar-refractivity contribution is 0.236. The average Bonchev–Trinajstić information content (AvgIpc) is 2.29. The smallest absolute Gasteiger partial charge is 0.122 e. The van der Waals surface area contributed by atoms with Crippen molar-refractivity contribution >= 4 is 0 Å². The molecule has 1 heterocycles. The summed E-state index contributed by atoms with van der Waals surface area (Å²) in [4.78, 5) is 0. The van der Waals surface area contributed by atoms with Gasteiger partial charge in [0.2, 0.25) is 0 Å². The summed E-state index contributed by atoms with van der Waals surface area (Å²) in [5, 5.41) is 0.690. The Morgan fingerprint density at radius 2 is 2.60 bits per heavy atom. The fourth-order valence-electron chi connectivity index (χ4n) is 1.77. The van der Waals surface area contributed by atoms with Gasteiger partial charge < -0.3 is 5.31 Å². The molecule has 10 heavy (non-hydrogen) atoms. The van der Waals surface area contributed by atoms with Gasteiger partial charge in [0, 0.05) is 12.9 Å². The van der Waals surface area contributed by atoms with Gasteiger partial charge in [-0.1, -0.05) is 19.8 Å². The SMILES string of the molecule is [2H]N1C2CCCC(C)C2([2H])C([2H])([2H])C1([2H])[2H]. The molecule has 0 aromatic heterocycles. The third kappa shape index (κ3) is 0.968. The second-order valence-electron chi connectivity index (χ2n) is 3.17. The van der Waals surface area contributed by atoms with Gasteiger partial charge in [-0.3, -0.25) is 0 Å². The Balaban J connectivity index is 2.53. The first-order valence-corrected chi connectivity index (χ1v) is 3.95. The highest BCUT2D eigenvalue weighted by molar-refractivity contribution is 4.89. The maximum Gasteiger partial charge on any atom is 0.122 e. The Labute approximate surface area is 71.7 Å². The van der Waals surface area contributed by atoms with Gasteiger partial charge in [0.05, 0.1) is 0 Å². The highest BCUT2D eigenvalue weighted by Crippen LogP contribution is 2.34. The predicted octanol–water partition coefficient (Wildman–Crippen LogP) is 1.78. The zero-order valence-electron chi connectivity index (χ0n) is 12.2. The van der Waals surface area contributed by atoms with Crippen molar-refractivity contribution in [3.8, 4) is 0 Å². The van der Waals surface area contributed by atoms with Crippen molar-refractivity contribution < 1.29 is 8.27 Å². The molecule has 0 bridgehead atoms. The van der Waals surface area contributed by atoms with Crippen LogP contribution in [0.1, 0.15) is 39.4 Å². The Morgan fingerprint density at radius 3 is 3.40 bits per heavy atom. The molecule has 1 heteroatoms. The summed E-state index contributed by atoms with van der Waals surface area (Å²) < 4.78 is 47.3. The van der Waals surface area contributed by atoms with E-state index < -0.39 is 24.8 Å². The van der Waals surface area contributed by atoms with Crippen LogP contribution < -0.4 is 5.31 Å². The van der Waals surface area contributed by atoms with Crippen molar-refractivity contribution in [2.24, 2.45) is 11.8 Å². The predicted molar refractivity (Wildman–Crippen MR) is 42.9 cm³/mol. The van der Waals surface area contributed by atoms with Crippen LogP contribution in [-0.4, -0.2) is 12.5 Å². The van der Waals surface area contributed by atoms with Crippen LogP contribution in [0.25, 0.3) is 0 Å². The minimum Gasteiger partial charge on any atom is -0.314 e. The molecular formula is C9H17N. The average molecular weight is 145 g/mol. The molecule has 1 saturated heterocycles. The van der Waals surface area contributed by atoms with E-state index in [0.717, 1.165) is 12.8 Å². The largest absolute Gasteiger partial charge is 0.314 e. The number of rotatable bonds is 0. The minimum absolute atomic E-state index is 0.216. The molecule has 3 unspecified atom stereocenters. The molecule has 2 fully saturated rings. The summed E-state index contributed by atoms with van der Waals surface area (Å²) in [6, 6.07) is -0.638. The Hall–Kier alpha value is -0.0400. The minimum atomic E-state index is -2.38. The first-order valence-electron chi connectivity index (χ1n) is 6.90. The summed E-state index contributed by atoms with van der Waals surface area (Å²) in [5.41, 5.74) is 0. The van der Waals surface area contributed by atoms with E-state index in [1.165, 1.54) is 0 Å². The summed E-state index contributed by atoms with van der Waals surface area (Å²) in [6.07, 6.45) is -0.181. The van der Waals surface area contributed by atoms with Crippen LogP contribution in [0, 0.1) is 11.8 Å². The first-order chi connectivity index (χ1) is 7.17. The van der Waals surface area contributed by atoms with Gasteiger partial charge in [-0.25, -0.2) is 0 Å². The fraction of sp³-hybridized carbons (Fsp3) is 1.00. The maximum absolute atomic E-state index is 8.36. The van der Waals surface area contributed by atoms with Gasteiger partial charge in [-0.05, 0) is 31.1 Å². The second-order valence-corrected chi connectivity index (χ2v) is 3.17. The van der Waals surface area contributed by atoms with Gasteiger partial charge in [0.25, 0.3) is 0 Å². The van der Waals surface area contributed by atoms with Crippen LogP contribution in [0.2, 0.25) is 1.41 Å². The zero-order valence-corrected chi connectivity index (χ0v) is 6.22. The molecule has 2 rings (SSSR count). The maximum atomic E-state index is 8.36. The van der Waals surface area contributed by atoms with E-state index in [2.05, 4.69) is 0 Å². The third-order valence-corrected chi connectivity index (χ3v) is 2.43. The molecule has 3 atom stereocenters. The Bertz CT molecular complexity index is 306. The summed E-state index contributed by atoms with van der Waals surface area (Å²) in [5.74, 6) is -1.72. The lowest BCUT2D eigenvalue weighted by Crippen LogP contribution is -2.33. The molecule has 1 nitrogen and oxygen atoms in total. The van der Waals surface area contributed by atoms with E-state index in [-0.39, 0.29) is 5.92 Å². The van der Waals surface area contributed by atoms with Gasteiger partial charge in [0.15, 0.2) is 0 Å². The number of fused-ring (bicyclic) bond motifs is 1. The molecule has 58 valence electrons. The van der Waals surface area contributed by atoms with Crippen LogP contribution in [0.3, 0.4) is 0 Å². The highest BCUT2D eigenvalue weighted by atomic mass is 15.0. The Morgan fingerprint density at radius 1 is 1.70 bits per heavy atom. The monoisotopic (exact) mass is 145 g/mol. The molecular weight excluding hydrogens is 122 g/mol. The van der Waals surface area contributed by atoms with E-state index >= 15 is 0 Å². The number of nitrogens with one attached hydrogen (secondary N) is 1. The van der Waals surface area contributed by atoms with Crippen LogP contribution in [-0.2, 0) is 0 Å². The zero-order chi connectivity index (χ0) is 12.4. The van der Waals surface area contributed by atoms with E-state index in [9.17, 15) is 0 Å². The van der Waals surface area contributed by atoms with Crippen molar-refractivity contribution in [3.63, 3.8) is 0 Å².